The average Bonchev–Trinajstić information content (AvgIpc) is 3.36. The summed E-state index contributed by atoms with van der Waals surface area (Å²) in [7, 11) is 1.59. The SMILES string of the molecule is COc1cccc(C(=O)N(Cc2cc(C(=O)NCc3ccc(C)cc3)no2)C2CCCCC2)c1. The summed E-state index contributed by atoms with van der Waals surface area (Å²) in [6.07, 6.45) is 5.28. The van der Waals surface area contributed by atoms with Gasteiger partial charge in [0.2, 0.25) is 0 Å². The van der Waals surface area contributed by atoms with E-state index in [-0.39, 0.29) is 30.1 Å². The van der Waals surface area contributed by atoms with Crippen molar-refractivity contribution in [1.29, 1.82) is 0 Å². The van der Waals surface area contributed by atoms with Gasteiger partial charge >= 0.3 is 0 Å². The molecule has 2 amide bonds. The first-order valence-electron chi connectivity index (χ1n) is 11.8. The van der Waals surface area contributed by atoms with Crippen LogP contribution in [0.25, 0.3) is 0 Å². The molecular weight excluding hydrogens is 430 g/mol. The highest BCUT2D eigenvalue weighted by Crippen LogP contribution is 2.27. The summed E-state index contributed by atoms with van der Waals surface area (Å²) < 4.78 is 10.8. The largest absolute Gasteiger partial charge is 0.497 e. The lowest BCUT2D eigenvalue weighted by atomic mass is 9.93. The van der Waals surface area contributed by atoms with Gasteiger partial charge in [0.25, 0.3) is 11.8 Å². The van der Waals surface area contributed by atoms with Crippen LogP contribution in [-0.2, 0) is 13.1 Å². The maximum absolute atomic E-state index is 13.5. The van der Waals surface area contributed by atoms with Crippen molar-refractivity contribution in [3.05, 3.63) is 82.7 Å². The molecule has 1 N–H and O–H groups in total. The van der Waals surface area contributed by atoms with Gasteiger partial charge in [-0.2, -0.15) is 0 Å². The number of hydrogen-bond acceptors (Lipinski definition) is 5. The van der Waals surface area contributed by atoms with Crippen molar-refractivity contribution in [2.24, 2.45) is 0 Å². The van der Waals surface area contributed by atoms with Crippen molar-refractivity contribution in [2.75, 3.05) is 7.11 Å². The summed E-state index contributed by atoms with van der Waals surface area (Å²) in [5.74, 6) is 0.746. The molecule has 4 rings (SSSR count). The smallest absolute Gasteiger partial charge is 0.273 e. The van der Waals surface area contributed by atoms with Gasteiger partial charge in [0.05, 0.1) is 13.7 Å². The number of amides is 2. The van der Waals surface area contributed by atoms with Gasteiger partial charge in [-0.15, -0.1) is 0 Å². The lowest BCUT2D eigenvalue weighted by molar-refractivity contribution is 0.0590. The number of hydrogen-bond donors (Lipinski definition) is 1. The molecule has 0 radical (unpaired) electrons. The monoisotopic (exact) mass is 461 g/mol. The van der Waals surface area contributed by atoms with Crippen LogP contribution in [0, 0.1) is 6.92 Å². The predicted octanol–water partition coefficient (Wildman–Crippen LogP) is 4.90. The molecule has 1 aromatic heterocycles. The van der Waals surface area contributed by atoms with Crippen LogP contribution in [0.15, 0.2) is 59.1 Å². The van der Waals surface area contributed by atoms with Gasteiger partial charge in [-0.05, 0) is 43.5 Å². The molecule has 0 unspecified atom stereocenters. The molecule has 0 spiro atoms. The van der Waals surface area contributed by atoms with Crippen LogP contribution in [0.3, 0.4) is 0 Å². The van der Waals surface area contributed by atoms with Crippen LogP contribution in [0.4, 0.5) is 0 Å². The van der Waals surface area contributed by atoms with Crippen molar-refractivity contribution >= 4 is 11.8 Å². The third-order valence-electron chi connectivity index (χ3n) is 6.28. The lowest BCUT2D eigenvalue weighted by Gasteiger charge is -2.33. The van der Waals surface area contributed by atoms with Crippen molar-refractivity contribution in [3.63, 3.8) is 0 Å². The molecule has 1 fully saturated rings. The fourth-order valence-corrected chi connectivity index (χ4v) is 4.32. The minimum atomic E-state index is -0.307. The Morgan fingerprint density at radius 3 is 2.59 bits per heavy atom. The van der Waals surface area contributed by atoms with E-state index in [1.165, 1.54) is 12.0 Å². The van der Waals surface area contributed by atoms with Gasteiger partial charge in [-0.25, -0.2) is 0 Å². The summed E-state index contributed by atoms with van der Waals surface area (Å²) in [6, 6.07) is 16.9. The quantitative estimate of drug-likeness (QED) is 0.516. The topological polar surface area (TPSA) is 84.7 Å². The second-order valence-corrected chi connectivity index (χ2v) is 8.80. The van der Waals surface area contributed by atoms with Gasteiger partial charge in [0, 0.05) is 24.2 Å². The van der Waals surface area contributed by atoms with Gasteiger partial charge in [-0.1, -0.05) is 60.3 Å². The first-order valence-corrected chi connectivity index (χ1v) is 11.8. The third kappa shape index (κ3) is 5.84. The van der Waals surface area contributed by atoms with Gasteiger partial charge < -0.3 is 19.5 Å². The van der Waals surface area contributed by atoms with Crippen LogP contribution in [-0.4, -0.2) is 35.0 Å². The molecule has 2 aromatic carbocycles. The second-order valence-electron chi connectivity index (χ2n) is 8.80. The molecule has 1 aliphatic rings. The number of aromatic nitrogens is 1. The highest BCUT2D eigenvalue weighted by Gasteiger charge is 2.28. The predicted molar refractivity (Wildman–Crippen MR) is 129 cm³/mol. The summed E-state index contributed by atoms with van der Waals surface area (Å²) in [4.78, 5) is 27.9. The number of methoxy groups -OCH3 is 1. The molecular formula is C27H31N3O4. The molecule has 1 heterocycles. The molecule has 7 nitrogen and oxygen atoms in total. The van der Waals surface area contributed by atoms with E-state index in [1.807, 2.05) is 48.2 Å². The van der Waals surface area contributed by atoms with E-state index in [9.17, 15) is 9.59 Å². The molecule has 0 bridgehead atoms. The maximum atomic E-state index is 13.5. The van der Waals surface area contributed by atoms with Gasteiger partial charge in [0.15, 0.2) is 11.5 Å². The molecule has 3 aromatic rings. The number of rotatable bonds is 8. The molecule has 178 valence electrons. The fraction of sp³-hybridized carbons (Fsp3) is 0.370. The Morgan fingerprint density at radius 2 is 1.85 bits per heavy atom. The summed E-state index contributed by atoms with van der Waals surface area (Å²) in [5.41, 5.74) is 2.96. The van der Waals surface area contributed by atoms with E-state index in [1.54, 1.807) is 25.3 Å². The Kier molecular flexibility index (Phi) is 7.62. The number of carbonyl (C=O) groups is 2. The highest BCUT2D eigenvalue weighted by atomic mass is 16.5. The van der Waals surface area contributed by atoms with Crippen LogP contribution in [0.1, 0.15) is 69.8 Å². The summed E-state index contributed by atoms with van der Waals surface area (Å²) >= 11 is 0. The first-order chi connectivity index (χ1) is 16.5. The molecule has 0 atom stereocenters. The minimum Gasteiger partial charge on any atom is -0.497 e. The summed E-state index contributed by atoms with van der Waals surface area (Å²) in [5, 5.41) is 6.83. The van der Waals surface area contributed by atoms with E-state index in [0.717, 1.165) is 31.2 Å². The zero-order valence-electron chi connectivity index (χ0n) is 19.8. The second kappa shape index (κ2) is 11.0. The Balaban J connectivity index is 1.46. The first kappa shape index (κ1) is 23.5. The average molecular weight is 462 g/mol. The number of benzene rings is 2. The number of ether oxygens (including phenoxy) is 1. The van der Waals surface area contributed by atoms with E-state index in [0.29, 0.717) is 23.6 Å². The van der Waals surface area contributed by atoms with Gasteiger partial charge in [-0.3, -0.25) is 9.59 Å². The lowest BCUT2D eigenvalue weighted by Crippen LogP contribution is -2.40. The molecule has 34 heavy (non-hydrogen) atoms. The van der Waals surface area contributed by atoms with Crippen molar-refractivity contribution < 1.29 is 18.8 Å². The Hall–Kier alpha value is -3.61. The van der Waals surface area contributed by atoms with Crippen molar-refractivity contribution in [2.45, 2.75) is 58.2 Å². The fourth-order valence-electron chi connectivity index (χ4n) is 4.32. The standard InChI is InChI=1S/C27H31N3O4/c1-19-11-13-20(14-12-19)17-28-26(31)25-16-24(34-29-25)18-30(22-8-4-3-5-9-22)27(32)21-7-6-10-23(15-21)33-2/h6-7,10-16,22H,3-5,8-9,17-18H2,1-2H3,(H,28,31). The normalized spacial score (nSPS) is 13.9. The van der Waals surface area contributed by atoms with Crippen LogP contribution < -0.4 is 10.1 Å². The minimum absolute atomic E-state index is 0.0763. The maximum Gasteiger partial charge on any atom is 0.273 e. The molecule has 0 aliphatic heterocycles. The van der Waals surface area contributed by atoms with Crippen molar-refractivity contribution in [3.8, 4) is 5.75 Å². The highest BCUT2D eigenvalue weighted by molar-refractivity contribution is 5.95. The number of nitrogens with zero attached hydrogens (tertiary/aromatic N) is 2. The Bertz CT molecular complexity index is 1120. The van der Waals surface area contributed by atoms with E-state index < -0.39 is 0 Å². The number of nitrogens with one attached hydrogen (secondary N) is 1. The van der Waals surface area contributed by atoms with E-state index >= 15 is 0 Å². The summed E-state index contributed by atoms with van der Waals surface area (Å²) in [6.45, 7) is 2.69. The molecule has 1 aliphatic carbocycles. The molecule has 1 saturated carbocycles. The Labute approximate surface area is 200 Å². The van der Waals surface area contributed by atoms with Crippen LogP contribution >= 0.6 is 0 Å². The van der Waals surface area contributed by atoms with E-state index in [2.05, 4.69) is 10.5 Å². The zero-order valence-corrected chi connectivity index (χ0v) is 19.8. The zero-order chi connectivity index (χ0) is 23.9. The number of carbonyl (C=O) groups excluding carboxylic acids is 2. The Morgan fingerprint density at radius 1 is 1.09 bits per heavy atom. The molecule has 7 heteroatoms. The third-order valence-corrected chi connectivity index (χ3v) is 6.28. The number of aryl methyl sites for hydroxylation is 1. The van der Waals surface area contributed by atoms with Crippen LogP contribution in [0.2, 0.25) is 0 Å². The van der Waals surface area contributed by atoms with Crippen LogP contribution in [0.5, 0.6) is 5.75 Å². The molecule has 0 saturated heterocycles. The van der Waals surface area contributed by atoms with E-state index in [4.69, 9.17) is 9.26 Å². The van der Waals surface area contributed by atoms with Gasteiger partial charge in [0.1, 0.15) is 5.75 Å². The van der Waals surface area contributed by atoms with Crippen molar-refractivity contribution in [1.82, 2.24) is 15.4 Å².